The van der Waals surface area contributed by atoms with E-state index in [0.29, 0.717) is 17.9 Å². The minimum Gasteiger partial charge on any atom is -0.550 e. The minimum absolute atomic E-state index is 0.280. The second-order valence-corrected chi connectivity index (χ2v) is 3.69. The van der Waals surface area contributed by atoms with E-state index in [0.717, 1.165) is 5.56 Å². The molecule has 1 aromatic carbocycles. The van der Waals surface area contributed by atoms with Crippen LogP contribution in [0, 0.1) is 5.92 Å². The average molecular weight is 239 g/mol. The van der Waals surface area contributed by atoms with E-state index in [9.17, 15) is 9.90 Å². The molecule has 0 amide bonds. The quantitative estimate of drug-likeness (QED) is 0.679. The zero-order valence-electron chi connectivity index (χ0n) is 10.1. The molecule has 0 radical (unpaired) electrons. The van der Waals surface area contributed by atoms with Crippen LogP contribution in [0.25, 0.3) is 0 Å². The predicted octanol–water partition coefficient (Wildman–Crippen LogP) is -1.15. The van der Waals surface area contributed by atoms with E-state index in [-0.39, 0.29) is 6.54 Å². The number of carbonyl (C=O) groups is 1. The summed E-state index contributed by atoms with van der Waals surface area (Å²) in [5.41, 5.74) is 4.39. The van der Waals surface area contributed by atoms with Crippen LogP contribution < -0.4 is 20.3 Å². The van der Waals surface area contributed by atoms with Gasteiger partial charge in [0.05, 0.1) is 32.7 Å². The monoisotopic (exact) mass is 239 g/mol. The van der Waals surface area contributed by atoms with Crippen molar-refractivity contribution in [1.82, 2.24) is 0 Å². The van der Waals surface area contributed by atoms with Crippen molar-refractivity contribution < 1.29 is 25.1 Å². The summed E-state index contributed by atoms with van der Waals surface area (Å²) in [6.45, 7) is 0.280. The maximum Gasteiger partial charge on any atom is 0.122 e. The Morgan fingerprint density at radius 1 is 1.41 bits per heavy atom. The fourth-order valence-corrected chi connectivity index (χ4v) is 1.61. The third-order valence-electron chi connectivity index (χ3n) is 2.64. The number of rotatable bonds is 6. The van der Waals surface area contributed by atoms with Crippen LogP contribution in [0.5, 0.6) is 11.5 Å². The van der Waals surface area contributed by atoms with Crippen LogP contribution in [0.15, 0.2) is 18.2 Å². The highest BCUT2D eigenvalue weighted by Crippen LogP contribution is 2.26. The Morgan fingerprint density at radius 2 is 2.12 bits per heavy atom. The molecule has 1 rings (SSSR count). The van der Waals surface area contributed by atoms with Crippen molar-refractivity contribution >= 4 is 5.97 Å². The fourth-order valence-electron chi connectivity index (χ4n) is 1.61. The smallest absolute Gasteiger partial charge is 0.122 e. The summed E-state index contributed by atoms with van der Waals surface area (Å²) in [6, 6.07) is 5.29. The van der Waals surface area contributed by atoms with Gasteiger partial charge in [-0.2, -0.15) is 0 Å². The first kappa shape index (κ1) is 13.3. The van der Waals surface area contributed by atoms with Gasteiger partial charge in [0.15, 0.2) is 0 Å². The summed E-state index contributed by atoms with van der Waals surface area (Å²) in [6.07, 6.45) is 0.326. The molecule has 0 saturated carbocycles. The van der Waals surface area contributed by atoms with Crippen LogP contribution >= 0.6 is 0 Å². The molecule has 0 aliphatic rings. The molecule has 0 aliphatic carbocycles. The van der Waals surface area contributed by atoms with Crippen molar-refractivity contribution in [2.75, 3.05) is 20.8 Å². The summed E-state index contributed by atoms with van der Waals surface area (Å²) in [7, 11) is 3.10. The number of methoxy groups -OCH3 is 2. The Hall–Kier alpha value is -1.75. The summed E-state index contributed by atoms with van der Waals surface area (Å²) in [5.74, 6) is -0.395. The molecule has 0 aliphatic heterocycles. The van der Waals surface area contributed by atoms with Gasteiger partial charge < -0.3 is 25.1 Å². The second kappa shape index (κ2) is 6.10. The Morgan fingerprint density at radius 3 is 2.59 bits per heavy atom. The molecular formula is C12H17NO4. The lowest BCUT2D eigenvalue weighted by molar-refractivity contribution is -0.387. The minimum atomic E-state index is -1.09. The molecule has 0 spiro atoms. The number of quaternary nitrogens is 1. The first-order chi connectivity index (χ1) is 8.12. The van der Waals surface area contributed by atoms with Crippen molar-refractivity contribution in [3.63, 3.8) is 0 Å². The summed E-state index contributed by atoms with van der Waals surface area (Å²) in [4.78, 5) is 10.9. The lowest BCUT2D eigenvalue weighted by atomic mass is 9.98. The van der Waals surface area contributed by atoms with E-state index in [2.05, 4.69) is 5.73 Å². The largest absolute Gasteiger partial charge is 0.550 e. The zero-order valence-corrected chi connectivity index (χ0v) is 10.1. The zero-order chi connectivity index (χ0) is 12.8. The standard InChI is InChI=1S/C12H17NO4/c1-16-10-3-4-11(17-2)8(6-10)5-9(7-13)12(14)15/h3-4,6,9H,5,7,13H2,1-2H3,(H,14,15)/t9-/m0/s1. The van der Waals surface area contributed by atoms with E-state index < -0.39 is 11.9 Å². The molecular weight excluding hydrogens is 222 g/mol. The van der Waals surface area contributed by atoms with E-state index in [1.807, 2.05) is 0 Å². The van der Waals surface area contributed by atoms with Crippen LogP contribution in [0.3, 0.4) is 0 Å². The highest BCUT2D eigenvalue weighted by atomic mass is 16.5. The number of carboxylic acids is 1. The van der Waals surface area contributed by atoms with Crippen molar-refractivity contribution in [1.29, 1.82) is 0 Å². The predicted molar refractivity (Wildman–Crippen MR) is 59.5 cm³/mol. The maximum absolute atomic E-state index is 10.9. The first-order valence-electron chi connectivity index (χ1n) is 5.33. The van der Waals surface area contributed by atoms with Gasteiger partial charge in [0.2, 0.25) is 0 Å². The molecule has 1 aromatic rings. The van der Waals surface area contributed by atoms with Gasteiger partial charge in [-0.25, -0.2) is 0 Å². The molecule has 3 N–H and O–H groups in total. The molecule has 0 saturated heterocycles. The van der Waals surface area contributed by atoms with Crippen molar-refractivity contribution in [2.45, 2.75) is 6.42 Å². The molecule has 0 unspecified atom stereocenters. The van der Waals surface area contributed by atoms with Crippen LogP contribution in [0.2, 0.25) is 0 Å². The van der Waals surface area contributed by atoms with Crippen molar-refractivity contribution in [2.24, 2.45) is 5.92 Å². The van der Waals surface area contributed by atoms with Gasteiger partial charge in [-0.05, 0) is 30.2 Å². The van der Waals surface area contributed by atoms with Crippen LogP contribution in [-0.4, -0.2) is 26.7 Å². The van der Waals surface area contributed by atoms with Gasteiger partial charge in [-0.1, -0.05) is 0 Å². The van der Waals surface area contributed by atoms with E-state index in [1.54, 1.807) is 32.4 Å². The SMILES string of the molecule is COc1ccc(OC)c(C[C@@H](C[NH3+])C(=O)[O-])c1. The molecule has 0 heterocycles. The van der Waals surface area contributed by atoms with Crippen LogP contribution in [0.1, 0.15) is 5.56 Å². The fraction of sp³-hybridized carbons (Fsp3) is 0.417. The lowest BCUT2D eigenvalue weighted by Gasteiger charge is -2.16. The van der Waals surface area contributed by atoms with Gasteiger partial charge in [0, 0.05) is 0 Å². The van der Waals surface area contributed by atoms with Crippen LogP contribution in [-0.2, 0) is 11.2 Å². The second-order valence-electron chi connectivity index (χ2n) is 3.69. The average Bonchev–Trinajstić information content (AvgIpc) is 2.35. The van der Waals surface area contributed by atoms with Crippen molar-refractivity contribution in [3.05, 3.63) is 23.8 Å². The number of ether oxygens (including phenoxy) is 2. The molecule has 0 aromatic heterocycles. The van der Waals surface area contributed by atoms with Gasteiger partial charge in [0.1, 0.15) is 11.5 Å². The van der Waals surface area contributed by atoms with E-state index >= 15 is 0 Å². The Labute approximate surface area is 100 Å². The van der Waals surface area contributed by atoms with Gasteiger partial charge in [-0.3, -0.25) is 0 Å². The summed E-state index contributed by atoms with van der Waals surface area (Å²) >= 11 is 0. The van der Waals surface area contributed by atoms with Gasteiger partial charge in [0.25, 0.3) is 0 Å². The molecule has 17 heavy (non-hydrogen) atoms. The lowest BCUT2D eigenvalue weighted by Crippen LogP contribution is -2.57. The summed E-state index contributed by atoms with van der Waals surface area (Å²) in [5, 5.41) is 10.9. The molecule has 1 atom stereocenters. The normalized spacial score (nSPS) is 11.9. The Balaban J connectivity index is 2.97. The van der Waals surface area contributed by atoms with E-state index in [1.165, 1.54) is 0 Å². The number of benzene rings is 1. The third kappa shape index (κ3) is 3.35. The molecule has 94 valence electrons. The number of carboxylic acid groups (broad SMARTS) is 1. The topological polar surface area (TPSA) is 86.2 Å². The molecule has 5 heteroatoms. The highest BCUT2D eigenvalue weighted by molar-refractivity contribution is 5.68. The third-order valence-corrected chi connectivity index (χ3v) is 2.64. The van der Waals surface area contributed by atoms with Crippen molar-refractivity contribution in [3.8, 4) is 11.5 Å². The van der Waals surface area contributed by atoms with Gasteiger partial charge >= 0.3 is 0 Å². The number of carbonyl (C=O) groups excluding carboxylic acids is 1. The summed E-state index contributed by atoms with van der Waals surface area (Å²) < 4.78 is 10.3. The Bertz CT molecular complexity index is 392. The molecule has 0 bridgehead atoms. The number of hydrogen-bond acceptors (Lipinski definition) is 4. The molecule has 0 fully saturated rings. The molecule has 5 nitrogen and oxygen atoms in total. The maximum atomic E-state index is 10.9. The number of hydrogen-bond donors (Lipinski definition) is 1. The number of aliphatic carboxylic acids is 1. The van der Waals surface area contributed by atoms with Gasteiger partial charge in [-0.15, -0.1) is 0 Å². The highest BCUT2D eigenvalue weighted by Gasteiger charge is 2.14. The van der Waals surface area contributed by atoms with E-state index in [4.69, 9.17) is 9.47 Å². The first-order valence-corrected chi connectivity index (χ1v) is 5.33. The Kier molecular flexibility index (Phi) is 4.78. The van der Waals surface area contributed by atoms with Crippen LogP contribution in [0.4, 0.5) is 0 Å².